The molecule has 0 atom stereocenters. The van der Waals surface area contributed by atoms with Crippen molar-refractivity contribution in [1.82, 2.24) is 9.88 Å². The van der Waals surface area contributed by atoms with Crippen LogP contribution in [0.15, 0.2) is 16.5 Å². The number of oxazole rings is 1. The van der Waals surface area contributed by atoms with Crippen LogP contribution in [0, 0.1) is 11.3 Å². The highest BCUT2D eigenvalue weighted by atomic mass is 16.5. The van der Waals surface area contributed by atoms with Gasteiger partial charge in [-0.3, -0.25) is 0 Å². The van der Waals surface area contributed by atoms with E-state index in [1.54, 1.807) is 27.4 Å². The number of benzene rings is 1. The monoisotopic (exact) mass is 414 g/mol. The molecular formula is C22H30N4O4. The van der Waals surface area contributed by atoms with Gasteiger partial charge in [-0.05, 0) is 49.8 Å². The largest absolute Gasteiger partial charge is 0.493 e. The molecule has 0 aliphatic heterocycles. The second-order valence-corrected chi connectivity index (χ2v) is 6.44. The minimum absolute atomic E-state index is 0.238. The summed E-state index contributed by atoms with van der Waals surface area (Å²) in [6.07, 6.45) is 4.45. The molecule has 1 aromatic heterocycles. The van der Waals surface area contributed by atoms with Crippen LogP contribution < -0.4 is 19.5 Å². The number of methoxy groups -OCH3 is 3. The minimum atomic E-state index is 0.238. The molecule has 2 aromatic rings. The Bertz CT molecular complexity index is 857. The SMILES string of the molecule is CCN(CC)CCCNc1oc(/C=C/c2cc(OC)c(OC)c(OC)c2)nc1C#N. The molecule has 0 aliphatic rings. The second-order valence-electron chi connectivity index (χ2n) is 6.44. The molecule has 1 aromatic carbocycles. The summed E-state index contributed by atoms with van der Waals surface area (Å²) in [4.78, 5) is 6.58. The van der Waals surface area contributed by atoms with Gasteiger partial charge in [-0.1, -0.05) is 13.8 Å². The molecular weight excluding hydrogens is 384 g/mol. The van der Waals surface area contributed by atoms with Gasteiger partial charge in [-0.15, -0.1) is 0 Å². The molecule has 0 radical (unpaired) electrons. The highest BCUT2D eigenvalue weighted by molar-refractivity contribution is 5.71. The van der Waals surface area contributed by atoms with Crippen LogP contribution in [0.5, 0.6) is 17.2 Å². The van der Waals surface area contributed by atoms with Gasteiger partial charge in [-0.25, -0.2) is 0 Å². The number of hydrogen-bond acceptors (Lipinski definition) is 8. The molecule has 162 valence electrons. The predicted molar refractivity (Wildman–Crippen MR) is 117 cm³/mol. The van der Waals surface area contributed by atoms with Crippen molar-refractivity contribution in [3.05, 3.63) is 29.3 Å². The zero-order chi connectivity index (χ0) is 21.9. The average molecular weight is 415 g/mol. The van der Waals surface area contributed by atoms with E-state index < -0.39 is 0 Å². The molecule has 30 heavy (non-hydrogen) atoms. The van der Waals surface area contributed by atoms with E-state index in [1.165, 1.54) is 0 Å². The molecule has 1 heterocycles. The fraction of sp³-hybridized carbons (Fsp3) is 0.455. The van der Waals surface area contributed by atoms with Crippen LogP contribution in [0.2, 0.25) is 0 Å². The number of rotatable bonds is 12. The molecule has 8 nitrogen and oxygen atoms in total. The third-order valence-electron chi connectivity index (χ3n) is 4.69. The highest BCUT2D eigenvalue weighted by Gasteiger charge is 2.13. The van der Waals surface area contributed by atoms with Crippen LogP contribution in [0.3, 0.4) is 0 Å². The van der Waals surface area contributed by atoms with Crippen LogP contribution in [0.1, 0.15) is 37.4 Å². The van der Waals surface area contributed by atoms with Crippen LogP contribution in [0.25, 0.3) is 12.2 Å². The number of anilines is 1. The molecule has 1 N–H and O–H groups in total. The molecule has 8 heteroatoms. The van der Waals surface area contributed by atoms with Gasteiger partial charge in [0.15, 0.2) is 11.5 Å². The molecule has 0 spiro atoms. The van der Waals surface area contributed by atoms with Crippen molar-refractivity contribution in [1.29, 1.82) is 5.26 Å². The Hall–Kier alpha value is -3.18. The Kier molecular flexibility index (Phi) is 9.03. The lowest BCUT2D eigenvalue weighted by Crippen LogP contribution is -2.25. The third kappa shape index (κ3) is 5.91. The van der Waals surface area contributed by atoms with Crippen molar-refractivity contribution in [2.75, 3.05) is 52.8 Å². The lowest BCUT2D eigenvalue weighted by molar-refractivity contribution is 0.302. The van der Waals surface area contributed by atoms with Gasteiger partial charge in [-0.2, -0.15) is 10.2 Å². The maximum absolute atomic E-state index is 9.34. The van der Waals surface area contributed by atoms with Crippen molar-refractivity contribution < 1.29 is 18.6 Å². The van der Waals surface area contributed by atoms with E-state index in [1.807, 2.05) is 18.2 Å². The summed E-state index contributed by atoms with van der Waals surface area (Å²) in [7, 11) is 4.69. The molecule has 2 rings (SSSR count). The van der Waals surface area contributed by atoms with Gasteiger partial charge >= 0.3 is 0 Å². The number of hydrogen-bond donors (Lipinski definition) is 1. The first kappa shape index (κ1) is 23.1. The Morgan fingerprint density at radius 1 is 1.10 bits per heavy atom. The van der Waals surface area contributed by atoms with Gasteiger partial charge < -0.3 is 28.8 Å². The number of nitrogens with one attached hydrogen (secondary N) is 1. The Morgan fingerprint density at radius 3 is 2.30 bits per heavy atom. The topological polar surface area (TPSA) is 92.8 Å². The minimum Gasteiger partial charge on any atom is -0.493 e. The molecule has 0 aliphatic carbocycles. The van der Waals surface area contributed by atoms with Crippen molar-refractivity contribution in [3.63, 3.8) is 0 Å². The Morgan fingerprint density at radius 2 is 1.77 bits per heavy atom. The summed E-state index contributed by atoms with van der Waals surface area (Å²) in [5, 5.41) is 12.5. The van der Waals surface area contributed by atoms with E-state index in [0.717, 1.165) is 31.6 Å². The zero-order valence-electron chi connectivity index (χ0n) is 18.3. The number of nitriles is 1. The van der Waals surface area contributed by atoms with Crippen molar-refractivity contribution >= 4 is 18.0 Å². The predicted octanol–water partition coefficient (Wildman–Crippen LogP) is 3.89. The normalized spacial score (nSPS) is 11.0. The number of aromatic nitrogens is 1. The van der Waals surface area contributed by atoms with Gasteiger partial charge in [0, 0.05) is 12.6 Å². The average Bonchev–Trinajstić information content (AvgIpc) is 3.18. The summed E-state index contributed by atoms with van der Waals surface area (Å²) in [6, 6.07) is 5.71. The van der Waals surface area contributed by atoms with Crippen molar-refractivity contribution in [2.24, 2.45) is 0 Å². The summed E-state index contributed by atoms with van der Waals surface area (Å²) >= 11 is 0. The summed E-state index contributed by atoms with van der Waals surface area (Å²) in [6.45, 7) is 8.04. The van der Waals surface area contributed by atoms with Crippen molar-refractivity contribution in [3.8, 4) is 23.3 Å². The molecule has 0 unspecified atom stereocenters. The van der Waals surface area contributed by atoms with Gasteiger partial charge in [0.25, 0.3) is 0 Å². The van der Waals surface area contributed by atoms with E-state index in [-0.39, 0.29) is 5.69 Å². The highest BCUT2D eigenvalue weighted by Crippen LogP contribution is 2.38. The molecule has 0 amide bonds. The first-order valence-corrected chi connectivity index (χ1v) is 9.95. The Balaban J connectivity index is 2.10. The molecule has 0 saturated carbocycles. The summed E-state index contributed by atoms with van der Waals surface area (Å²) in [5.41, 5.74) is 1.05. The first-order chi connectivity index (χ1) is 14.6. The van der Waals surface area contributed by atoms with Gasteiger partial charge in [0.05, 0.1) is 21.3 Å². The quantitative estimate of drug-likeness (QED) is 0.523. The van der Waals surface area contributed by atoms with E-state index in [4.69, 9.17) is 18.6 Å². The van der Waals surface area contributed by atoms with Crippen LogP contribution in [0.4, 0.5) is 5.88 Å². The first-order valence-electron chi connectivity index (χ1n) is 9.95. The van der Waals surface area contributed by atoms with E-state index in [0.29, 0.717) is 35.6 Å². The molecule has 0 fully saturated rings. The lowest BCUT2D eigenvalue weighted by Gasteiger charge is -2.17. The van der Waals surface area contributed by atoms with Crippen LogP contribution in [-0.2, 0) is 0 Å². The fourth-order valence-electron chi connectivity index (χ4n) is 3.01. The summed E-state index contributed by atoms with van der Waals surface area (Å²) < 4.78 is 21.8. The van der Waals surface area contributed by atoms with Gasteiger partial charge in [0.2, 0.25) is 23.2 Å². The lowest BCUT2D eigenvalue weighted by atomic mass is 10.1. The van der Waals surface area contributed by atoms with E-state index in [9.17, 15) is 5.26 Å². The van der Waals surface area contributed by atoms with Crippen LogP contribution >= 0.6 is 0 Å². The van der Waals surface area contributed by atoms with E-state index in [2.05, 4.69) is 35.1 Å². The number of ether oxygens (including phenoxy) is 3. The zero-order valence-corrected chi connectivity index (χ0v) is 18.3. The Labute approximate surface area is 178 Å². The van der Waals surface area contributed by atoms with Crippen molar-refractivity contribution in [2.45, 2.75) is 20.3 Å². The third-order valence-corrected chi connectivity index (χ3v) is 4.69. The maximum Gasteiger partial charge on any atom is 0.232 e. The van der Waals surface area contributed by atoms with E-state index >= 15 is 0 Å². The maximum atomic E-state index is 9.34. The molecule has 0 saturated heterocycles. The molecule has 0 bridgehead atoms. The van der Waals surface area contributed by atoms with Crippen LogP contribution in [-0.4, -0.2) is 57.4 Å². The number of nitrogens with zero attached hydrogens (tertiary/aromatic N) is 3. The van der Waals surface area contributed by atoms with Gasteiger partial charge in [0.1, 0.15) is 6.07 Å². The smallest absolute Gasteiger partial charge is 0.232 e. The summed E-state index contributed by atoms with van der Waals surface area (Å²) in [5.74, 6) is 2.36. The second kappa shape index (κ2) is 11.7. The standard InChI is InChI=1S/C22H30N4O4/c1-6-26(7-2)12-8-11-24-22-17(15-23)25-20(30-22)10-9-16-13-18(27-3)21(29-5)19(14-16)28-4/h9-10,13-14,24H,6-8,11-12H2,1-5H3/b10-9+. The fourth-order valence-corrected chi connectivity index (χ4v) is 3.01.